The van der Waals surface area contributed by atoms with Crippen LogP contribution in [0.1, 0.15) is 23.1 Å². The lowest BCUT2D eigenvalue weighted by atomic mass is 10.1. The van der Waals surface area contributed by atoms with Crippen LogP contribution < -0.4 is 5.73 Å². The van der Waals surface area contributed by atoms with Crippen LogP contribution in [0, 0.1) is 5.92 Å². The molecule has 4 heteroatoms. The molecule has 0 saturated carbocycles. The molecule has 2 aliphatic rings. The van der Waals surface area contributed by atoms with Crippen molar-refractivity contribution in [3.8, 4) is 0 Å². The van der Waals surface area contributed by atoms with Crippen molar-refractivity contribution in [2.75, 3.05) is 7.11 Å². The zero-order chi connectivity index (χ0) is 16.9. The van der Waals surface area contributed by atoms with Crippen LogP contribution in [0.15, 0.2) is 71.1 Å². The Labute approximate surface area is 147 Å². The van der Waals surface area contributed by atoms with Crippen molar-refractivity contribution < 1.29 is 4.74 Å². The minimum atomic E-state index is 0.408. The molecule has 1 atom stereocenters. The SMILES string of the molecule is COC1=NC=C(c2ccc(CC3=CC(C)C=CC(N)=C3)s2)C=CC1. The molecule has 0 fully saturated rings. The number of nitrogens with two attached hydrogens (primary N) is 1. The minimum absolute atomic E-state index is 0.408. The lowest BCUT2D eigenvalue weighted by Gasteiger charge is -2.02. The fraction of sp³-hybridized carbons (Fsp3) is 0.250. The van der Waals surface area contributed by atoms with Crippen LogP contribution in [0.25, 0.3) is 5.57 Å². The molecule has 0 spiro atoms. The maximum absolute atomic E-state index is 6.00. The number of hydrogen-bond acceptors (Lipinski definition) is 4. The van der Waals surface area contributed by atoms with E-state index in [1.54, 1.807) is 18.4 Å². The molecule has 1 unspecified atom stereocenters. The number of hydrogen-bond donors (Lipinski definition) is 1. The molecule has 1 aromatic rings. The molecular formula is C20H22N2OS. The Bertz CT molecular complexity index is 790. The first-order valence-electron chi connectivity index (χ1n) is 8.06. The average Bonchev–Trinajstić information content (AvgIpc) is 2.79. The van der Waals surface area contributed by atoms with Crippen LogP contribution in [0.2, 0.25) is 0 Å². The maximum atomic E-state index is 6.00. The molecule has 1 aliphatic heterocycles. The molecule has 3 nitrogen and oxygen atoms in total. The molecule has 0 radical (unpaired) electrons. The van der Waals surface area contributed by atoms with E-state index in [1.807, 2.05) is 12.3 Å². The van der Waals surface area contributed by atoms with Crippen molar-refractivity contribution in [2.24, 2.45) is 16.6 Å². The third kappa shape index (κ3) is 4.15. The molecule has 2 N–H and O–H groups in total. The van der Waals surface area contributed by atoms with Crippen LogP contribution >= 0.6 is 11.3 Å². The quantitative estimate of drug-likeness (QED) is 0.875. The number of nitrogens with zero attached hydrogens (tertiary/aromatic N) is 1. The zero-order valence-corrected chi connectivity index (χ0v) is 14.8. The van der Waals surface area contributed by atoms with Gasteiger partial charge in [-0.15, -0.1) is 11.3 Å². The summed E-state index contributed by atoms with van der Waals surface area (Å²) in [7, 11) is 1.66. The second-order valence-corrected chi connectivity index (χ2v) is 7.13. The monoisotopic (exact) mass is 338 g/mol. The van der Waals surface area contributed by atoms with E-state index in [-0.39, 0.29) is 0 Å². The number of methoxy groups -OCH3 is 1. The predicted molar refractivity (Wildman–Crippen MR) is 103 cm³/mol. The van der Waals surface area contributed by atoms with Crippen LogP contribution in [0.4, 0.5) is 0 Å². The third-order valence-corrected chi connectivity index (χ3v) is 5.05. The first kappa shape index (κ1) is 16.5. The standard InChI is InChI=1S/C20H22N2OS/c1-14-6-7-17(21)11-15(10-14)12-18-8-9-19(24-18)16-4-3-5-20(23-2)22-13-16/h3-4,6-11,13-14H,5,12,21H2,1-2H3. The van der Waals surface area contributed by atoms with Crippen molar-refractivity contribution in [2.45, 2.75) is 19.8 Å². The first-order valence-corrected chi connectivity index (χ1v) is 8.88. The highest BCUT2D eigenvalue weighted by Gasteiger charge is 2.09. The van der Waals surface area contributed by atoms with Gasteiger partial charge in [-0.3, -0.25) is 0 Å². The normalized spacial score (nSPS) is 20.5. The Morgan fingerprint density at radius 1 is 1.33 bits per heavy atom. The van der Waals surface area contributed by atoms with Crippen molar-refractivity contribution in [3.63, 3.8) is 0 Å². The molecule has 1 aliphatic carbocycles. The number of thiophene rings is 1. The van der Waals surface area contributed by atoms with E-state index in [0.29, 0.717) is 5.92 Å². The van der Waals surface area contributed by atoms with E-state index in [0.717, 1.165) is 30.0 Å². The molecule has 0 amide bonds. The van der Waals surface area contributed by atoms with Crippen LogP contribution in [0.3, 0.4) is 0 Å². The van der Waals surface area contributed by atoms with Gasteiger partial charge in [0, 0.05) is 40.1 Å². The Kier molecular flexibility index (Phi) is 5.16. The molecule has 24 heavy (non-hydrogen) atoms. The summed E-state index contributed by atoms with van der Waals surface area (Å²) in [6, 6.07) is 4.35. The number of aliphatic imine (C=N–C) groups is 1. The second-order valence-electron chi connectivity index (χ2n) is 5.96. The molecular weight excluding hydrogens is 316 g/mol. The summed E-state index contributed by atoms with van der Waals surface area (Å²) >= 11 is 1.80. The van der Waals surface area contributed by atoms with E-state index >= 15 is 0 Å². The Balaban J connectivity index is 1.78. The largest absolute Gasteiger partial charge is 0.484 e. The fourth-order valence-corrected chi connectivity index (χ4v) is 3.74. The second kappa shape index (κ2) is 7.49. The number of ether oxygens (including phenoxy) is 1. The van der Waals surface area contributed by atoms with Gasteiger partial charge in [-0.05, 0) is 35.8 Å². The summed E-state index contributed by atoms with van der Waals surface area (Å²) in [5.41, 5.74) is 9.21. The summed E-state index contributed by atoms with van der Waals surface area (Å²) in [5, 5.41) is 0. The topological polar surface area (TPSA) is 47.6 Å². The van der Waals surface area contributed by atoms with Crippen LogP contribution in [-0.2, 0) is 11.2 Å². The maximum Gasteiger partial charge on any atom is 0.191 e. The van der Waals surface area contributed by atoms with Gasteiger partial charge in [-0.25, -0.2) is 4.99 Å². The van der Waals surface area contributed by atoms with Gasteiger partial charge in [0.05, 0.1) is 7.11 Å². The summed E-state index contributed by atoms with van der Waals surface area (Å²) in [6.07, 6.45) is 16.2. The van der Waals surface area contributed by atoms with E-state index in [1.165, 1.54) is 15.3 Å². The smallest absolute Gasteiger partial charge is 0.191 e. The van der Waals surface area contributed by atoms with Crippen LogP contribution in [-0.4, -0.2) is 13.0 Å². The van der Waals surface area contributed by atoms with Gasteiger partial charge in [-0.1, -0.05) is 31.2 Å². The average molecular weight is 338 g/mol. The van der Waals surface area contributed by atoms with E-state index in [2.05, 4.69) is 54.4 Å². The fourth-order valence-electron chi connectivity index (χ4n) is 2.71. The summed E-state index contributed by atoms with van der Waals surface area (Å²) in [5.74, 6) is 1.15. The van der Waals surface area contributed by atoms with Crippen molar-refractivity contribution in [1.29, 1.82) is 0 Å². The first-order chi connectivity index (χ1) is 11.6. The van der Waals surface area contributed by atoms with Crippen molar-refractivity contribution >= 4 is 22.8 Å². The summed E-state index contributed by atoms with van der Waals surface area (Å²) in [6.45, 7) is 2.18. The summed E-state index contributed by atoms with van der Waals surface area (Å²) < 4.78 is 5.22. The van der Waals surface area contributed by atoms with Gasteiger partial charge in [0.25, 0.3) is 0 Å². The highest BCUT2D eigenvalue weighted by molar-refractivity contribution is 7.13. The molecule has 0 bridgehead atoms. The highest BCUT2D eigenvalue weighted by Crippen LogP contribution is 2.29. The molecule has 0 saturated heterocycles. The third-order valence-electron chi connectivity index (χ3n) is 3.92. The number of allylic oxidation sites excluding steroid dienone is 7. The lowest BCUT2D eigenvalue weighted by Crippen LogP contribution is -1.96. The van der Waals surface area contributed by atoms with Gasteiger partial charge < -0.3 is 10.5 Å². The van der Waals surface area contributed by atoms with Crippen molar-refractivity contribution in [1.82, 2.24) is 0 Å². The van der Waals surface area contributed by atoms with E-state index in [4.69, 9.17) is 10.5 Å². The highest BCUT2D eigenvalue weighted by atomic mass is 32.1. The Hall–Kier alpha value is -2.33. The van der Waals surface area contributed by atoms with Crippen molar-refractivity contribution in [3.05, 3.63) is 75.8 Å². The number of rotatable bonds is 3. The predicted octanol–water partition coefficient (Wildman–Crippen LogP) is 4.61. The van der Waals surface area contributed by atoms with Gasteiger partial charge in [-0.2, -0.15) is 0 Å². The van der Waals surface area contributed by atoms with Gasteiger partial charge >= 0.3 is 0 Å². The Morgan fingerprint density at radius 3 is 3.04 bits per heavy atom. The van der Waals surface area contributed by atoms with Gasteiger partial charge in [0.2, 0.25) is 0 Å². The molecule has 124 valence electrons. The zero-order valence-electron chi connectivity index (χ0n) is 14.0. The Morgan fingerprint density at radius 2 is 2.21 bits per heavy atom. The van der Waals surface area contributed by atoms with E-state index in [9.17, 15) is 0 Å². The molecule has 1 aromatic heterocycles. The van der Waals surface area contributed by atoms with E-state index < -0.39 is 0 Å². The van der Waals surface area contributed by atoms with Gasteiger partial charge in [0.1, 0.15) is 0 Å². The van der Waals surface area contributed by atoms with Crippen LogP contribution in [0.5, 0.6) is 0 Å². The minimum Gasteiger partial charge on any atom is -0.484 e. The molecule has 0 aromatic carbocycles. The lowest BCUT2D eigenvalue weighted by molar-refractivity contribution is 0.395. The molecule has 2 heterocycles. The molecule has 3 rings (SSSR count). The van der Waals surface area contributed by atoms with Gasteiger partial charge in [0.15, 0.2) is 5.90 Å². The summed E-state index contributed by atoms with van der Waals surface area (Å²) in [4.78, 5) is 6.93.